The van der Waals surface area contributed by atoms with Crippen molar-refractivity contribution in [2.45, 2.75) is 6.54 Å². The number of barbiturate groups is 1. The molecule has 1 saturated heterocycles. The van der Waals surface area contributed by atoms with E-state index < -0.39 is 17.8 Å². The topological polar surface area (TPSA) is 113 Å². The minimum absolute atomic E-state index is 0.00587. The number of para-hydroxylation sites is 1. The highest BCUT2D eigenvalue weighted by molar-refractivity contribution is 6.39. The first kappa shape index (κ1) is 23.0. The largest absolute Gasteiger partial charge is 0.337 e. The van der Waals surface area contributed by atoms with Crippen LogP contribution < -0.4 is 15.5 Å². The van der Waals surface area contributed by atoms with Gasteiger partial charge in [-0.3, -0.25) is 24.7 Å². The average molecular weight is 500 g/mol. The Hall–Kier alpha value is -4.76. The molecule has 5 amide bonds. The van der Waals surface area contributed by atoms with E-state index in [2.05, 4.69) is 15.6 Å². The van der Waals surface area contributed by atoms with Crippen LogP contribution in [0.15, 0.2) is 84.8 Å². The number of hydrogen-bond acceptors (Lipinski definition) is 5. The van der Waals surface area contributed by atoms with Gasteiger partial charge in [0.1, 0.15) is 12.1 Å². The Balaban J connectivity index is 1.47. The molecule has 2 aromatic carbocycles. The van der Waals surface area contributed by atoms with Gasteiger partial charge in [-0.15, -0.1) is 0 Å². The minimum atomic E-state index is -0.838. The summed E-state index contributed by atoms with van der Waals surface area (Å²) in [5, 5.41) is 6.32. The molecular formula is C26H18ClN5O4. The number of aromatic nitrogens is 2. The third kappa shape index (κ3) is 4.47. The Kier molecular flexibility index (Phi) is 6.05. The number of carbonyl (C=O) groups excluding carboxylic acids is 4. The first-order valence-corrected chi connectivity index (χ1v) is 11.2. The molecule has 2 aromatic heterocycles. The van der Waals surface area contributed by atoms with Crippen LogP contribution in [-0.2, 0) is 20.9 Å². The highest BCUT2D eigenvalue weighted by Gasteiger charge is 2.37. The summed E-state index contributed by atoms with van der Waals surface area (Å²) in [6.07, 6.45) is 6.00. The SMILES string of the molecule is O=C(Cn1cc(/C=C2\C(=O)NC(=O)N(c3ccncc3)C2=O)c2ccccc21)Nc1ccc(Cl)cc1. The molecule has 1 fully saturated rings. The molecule has 5 rings (SSSR count). The summed E-state index contributed by atoms with van der Waals surface area (Å²) < 4.78 is 1.73. The lowest BCUT2D eigenvalue weighted by molar-refractivity contribution is -0.122. The highest BCUT2D eigenvalue weighted by Crippen LogP contribution is 2.26. The van der Waals surface area contributed by atoms with Gasteiger partial charge in [-0.05, 0) is 48.5 Å². The van der Waals surface area contributed by atoms with E-state index in [1.165, 1.54) is 30.6 Å². The Labute approximate surface area is 210 Å². The van der Waals surface area contributed by atoms with Crippen molar-refractivity contribution in [3.63, 3.8) is 0 Å². The summed E-state index contributed by atoms with van der Waals surface area (Å²) in [4.78, 5) is 55.6. The molecule has 0 spiro atoms. The average Bonchev–Trinajstić information content (AvgIpc) is 3.20. The summed E-state index contributed by atoms with van der Waals surface area (Å²) in [6.45, 7) is -0.00587. The van der Waals surface area contributed by atoms with Crippen molar-refractivity contribution in [2.24, 2.45) is 0 Å². The van der Waals surface area contributed by atoms with Crippen molar-refractivity contribution in [1.82, 2.24) is 14.9 Å². The number of nitrogens with zero attached hydrogens (tertiary/aromatic N) is 3. The number of nitrogens with one attached hydrogen (secondary N) is 2. The lowest BCUT2D eigenvalue weighted by Gasteiger charge is -2.26. The fraction of sp³-hybridized carbons (Fsp3) is 0.0385. The Morgan fingerprint density at radius 1 is 1.00 bits per heavy atom. The molecule has 178 valence electrons. The Bertz CT molecular complexity index is 1540. The van der Waals surface area contributed by atoms with Crippen molar-refractivity contribution in [2.75, 3.05) is 10.2 Å². The van der Waals surface area contributed by atoms with Crippen molar-refractivity contribution < 1.29 is 19.2 Å². The normalized spacial score (nSPS) is 14.9. The van der Waals surface area contributed by atoms with Crippen LogP contribution in [0.2, 0.25) is 5.02 Å². The molecule has 4 aromatic rings. The minimum Gasteiger partial charge on any atom is -0.337 e. The van der Waals surface area contributed by atoms with Gasteiger partial charge in [-0.25, -0.2) is 9.69 Å². The third-order valence-electron chi connectivity index (χ3n) is 5.58. The predicted molar refractivity (Wildman–Crippen MR) is 135 cm³/mol. The second-order valence-corrected chi connectivity index (χ2v) is 8.38. The maximum absolute atomic E-state index is 13.2. The molecule has 0 radical (unpaired) electrons. The van der Waals surface area contributed by atoms with Crippen molar-refractivity contribution in [1.29, 1.82) is 0 Å². The number of imide groups is 2. The number of fused-ring (bicyclic) bond motifs is 1. The summed E-state index contributed by atoms with van der Waals surface area (Å²) in [6, 6.07) is 16.2. The predicted octanol–water partition coefficient (Wildman–Crippen LogP) is 3.99. The molecule has 0 saturated carbocycles. The zero-order valence-electron chi connectivity index (χ0n) is 18.6. The van der Waals surface area contributed by atoms with E-state index in [9.17, 15) is 19.2 Å². The second kappa shape index (κ2) is 9.47. The quantitative estimate of drug-likeness (QED) is 0.318. The van der Waals surface area contributed by atoms with E-state index in [1.54, 1.807) is 35.0 Å². The van der Waals surface area contributed by atoms with Crippen LogP contribution in [0.1, 0.15) is 5.56 Å². The van der Waals surface area contributed by atoms with Crippen molar-refractivity contribution in [3.8, 4) is 0 Å². The van der Waals surface area contributed by atoms with Crippen LogP contribution in [-0.4, -0.2) is 33.3 Å². The Morgan fingerprint density at radius 3 is 2.47 bits per heavy atom. The van der Waals surface area contributed by atoms with Crippen LogP contribution in [0.3, 0.4) is 0 Å². The molecule has 0 bridgehead atoms. The smallest absolute Gasteiger partial charge is 0.335 e. The van der Waals surface area contributed by atoms with E-state index in [-0.39, 0.29) is 23.7 Å². The molecule has 36 heavy (non-hydrogen) atoms. The molecule has 0 unspecified atom stereocenters. The number of hydrogen-bond donors (Lipinski definition) is 2. The molecule has 1 aliphatic heterocycles. The third-order valence-corrected chi connectivity index (χ3v) is 5.84. The van der Waals surface area contributed by atoms with Gasteiger partial charge in [-0.1, -0.05) is 29.8 Å². The van der Waals surface area contributed by atoms with Gasteiger partial charge in [0.25, 0.3) is 11.8 Å². The van der Waals surface area contributed by atoms with Crippen molar-refractivity contribution in [3.05, 3.63) is 95.4 Å². The number of benzene rings is 2. The summed E-state index contributed by atoms with van der Waals surface area (Å²) in [5.74, 6) is -1.82. The summed E-state index contributed by atoms with van der Waals surface area (Å²) in [7, 11) is 0. The molecule has 2 N–H and O–H groups in total. The van der Waals surface area contributed by atoms with Gasteiger partial charge in [0.05, 0.1) is 5.69 Å². The van der Waals surface area contributed by atoms with Gasteiger partial charge in [0.15, 0.2) is 0 Å². The van der Waals surface area contributed by atoms with E-state index in [4.69, 9.17) is 11.6 Å². The maximum atomic E-state index is 13.2. The maximum Gasteiger partial charge on any atom is 0.335 e. The monoisotopic (exact) mass is 499 g/mol. The van der Waals surface area contributed by atoms with Gasteiger partial charge in [0, 0.05) is 45.8 Å². The number of urea groups is 1. The van der Waals surface area contributed by atoms with E-state index >= 15 is 0 Å². The first-order chi connectivity index (χ1) is 17.4. The van der Waals surface area contributed by atoms with Gasteiger partial charge in [0.2, 0.25) is 5.91 Å². The first-order valence-electron chi connectivity index (χ1n) is 10.9. The molecule has 0 atom stereocenters. The zero-order valence-corrected chi connectivity index (χ0v) is 19.4. The molecular weight excluding hydrogens is 482 g/mol. The number of pyridine rings is 1. The molecule has 1 aliphatic rings. The van der Waals surface area contributed by atoms with E-state index in [1.807, 2.05) is 24.3 Å². The Morgan fingerprint density at radius 2 is 1.72 bits per heavy atom. The van der Waals surface area contributed by atoms with E-state index in [0.717, 1.165) is 15.8 Å². The number of amides is 5. The van der Waals surface area contributed by atoms with Crippen LogP contribution in [0.5, 0.6) is 0 Å². The number of rotatable bonds is 5. The molecule has 10 heteroatoms. The number of carbonyl (C=O) groups is 4. The number of anilines is 2. The highest BCUT2D eigenvalue weighted by atomic mass is 35.5. The van der Waals surface area contributed by atoms with Gasteiger partial charge >= 0.3 is 6.03 Å². The van der Waals surface area contributed by atoms with Crippen molar-refractivity contribution >= 4 is 63.7 Å². The fourth-order valence-corrected chi connectivity index (χ4v) is 4.08. The van der Waals surface area contributed by atoms with Gasteiger partial charge < -0.3 is 9.88 Å². The van der Waals surface area contributed by atoms with Crippen LogP contribution in [0, 0.1) is 0 Å². The number of halogens is 1. The summed E-state index contributed by atoms with van der Waals surface area (Å²) in [5.41, 5.74) is 1.97. The molecule has 3 heterocycles. The lowest BCUT2D eigenvalue weighted by atomic mass is 10.1. The molecule has 0 aliphatic carbocycles. The van der Waals surface area contributed by atoms with Crippen LogP contribution in [0.25, 0.3) is 17.0 Å². The van der Waals surface area contributed by atoms with Gasteiger partial charge in [-0.2, -0.15) is 0 Å². The standard InChI is InChI=1S/C26H18ClN5O4/c27-17-5-7-18(8-6-17)29-23(33)15-31-14-16(20-3-1-2-4-22(20)31)13-21-24(34)30-26(36)32(25(21)35)19-9-11-28-12-10-19/h1-14H,15H2,(H,29,33)(H,30,34,36)/b21-13+. The molecule has 9 nitrogen and oxygen atoms in total. The van der Waals surface area contributed by atoms with E-state index in [0.29, 0.717) is 16.3 Å². The second-order valence-electron chi connectivity index (χ2n) is 7.95. The van der Waals surface area contributed by atoms with Crippen LogP contribution >= 0.6 is 11.6 Å². The zero-order chi connectivity index (χ0) is 25.2. The van der Waals surface area contributed by atoms with Crippen LogP contribution in [0.4, 0.5) is 16.2 Å². The lowest BCUT2D eigenvalue weighted by Crippen LogP contribution is -2.54. The fourth-order valence-electron chi connectivity index (χ4n) is 3.95. The summed E-state index contributed by atoms with van der Waals surface area (Å²) >= 11 is 5.90.